The molecule has 0 aromatic heterocycles. The second kappa shape index (κ2) is 7.96. The molecule has 0 aliphatic rings. The lowest BCUT2D eigenvalue weighted by molar-refractivity contribution is -0.142. The standard InChI is InChI=1S/C14H19O6P/c15-13(16)7-6-12(14(17)18)10-21(19,20)9-8-11-4-2-1-3-5-11/h1-5,12H,6-10H2,(H,15,16)(H,17,18)(H,19,20). The number of aryl methyl sites for hydroxylation is 1. The highest BCUT2D eigenvalue weighted by molar-refractivity contribution is 7.58. The maximum absolute atomic E-state index is 12.1. The lowest BCUT2D eigenvalue weighted by Crippen LogP contribution is -2.20. The van der Waals surface area contributed by atoms with Gasteiger partial charge in [-0.05, 0) is 18.4 Å². The average molecular weight is 314 g/mol. The number of hydrogen-bond acceptors (Lipinski definition) is 3. The first-order chi connectivity index (χ1) is 9.80. The van der Waals surface area contributed by atoms with E-state index in [9.17, 15) is 19.0 Å². The summed E-state index contributed by atoms with van der Waals surface area (Å²) in [4.78, 5) is 31.4. The topological polar surface area (TPSA) is 112 Å². The van der Waals surface area contributed by atoms with Gasteiger partial charge in [-0.15, -0.1) is 0 Å². The quantitative estimate of drug-likeness (QED) is 0.602. The molecular weight excluding hydrogens is 295 g/mol. The van der Waals surface area contributed by atoms with Crippen LogP contribution in [0.25, 0.3) is 0 Å². The van der Waals surface area contributed by atoms with Gasteiger partial charge < -0.3 is 15.1 Å². The molecule has 1 aromatic carbocycles. The molecule has 0 saturated carbocycles. The number of rotatable bonds is 9. The number of aliphatic carboxylic acids is 2. The van der Waals surface area contributed by atoms with Crippen LogP contribution in [0.2, 0.25) is 0 Å². The molecule has 116 valence electrons. The summed E-state index contributed by atoms with van der Waals surface area (Å²) in [6, 6.07) is 9.15. The molecule has 1 rings (SSSR count). The van der Waals surface area contributed by atoms with Crippen LogP contribution in [0.1, 0.15) is 18.4 Å². The van der Waals surface area contributed by atoms with E-state index in [4.69, 9.17) is 10.2 Å². The first kappa shape index (κ1) is 17.4. The Kier molecular flexibility index (Phi) is 6.59. The van der Waals surface area contributed by atoms with Crippen molar-refractivity contribution in [1.82, 2.24) is 0 Å². The molecule has 2 unspecified atom stereocenters. The van der Waals surface area contributed by atoms with Crippen molar-refractivity contribution in [2.24, 2.45) is 5.92 Å². The maximum atomic E-state index is 12.1. The number of benzene rings is 1. The van der Waals surface area contributed by atoms with Gasteiger partial charge in [0.15, 0.2) is 0 Å². The summed E-state index contributed by atoms with van der Waals surface area (Å²) in [6.45, 7) is 0. The van der Waals surface area contributed by atoms with Crippen molar-refractivity contribution in [2.45, 2.75) is 19.3 Å². The van der Waals surface area contributed by atoms with Crippen LogP contribution in [0, 0.1) is 5.92 Å². The zero-order chi connectivity index (χ0) is 15.9. The smallest absolute Gasteiger partial charge is 0.307 e. The summed E-state index contributed by atoms with van der Waals surface area (Å²) in [6.07, 6.45) is -0.466. The molecule has 6 nitrogen and oxygen atoms in total. The van der Waals surface area contributed by atoms with E-state index in [1.807, 2.05) is 30.3 Å². The van der Waals surface area contributed by atoms with Gasteiger partial charge in [-0.25, -0.2) is 0 Å². The number of carbonyl (C=O) groups is 2. The highest BCUT2D eigenvalue weighted by atomic mass is 31.2. The van der Waals surface area contributed by atoms with Crippen LogP contribution in [0.3, 0.4) is 0 Å². The molecular formula is C14H19O6P. The van der Waals surface area contributed by atoms with Crippen LogP contribution in [-0.2, 0) is 20.6 Å². The fourth-order valence-corrected chi connectivity index (χ4v) is 3.79. The number of carboxylic acid groups (broad SMARTS) is 2. The monoisotopic (exact) mass is 314 g/mol. The first-order valence-electron chi connectivity index (χ1n) is 6.59. The second-order valence-electron chi connectivity index (χ2n) is 4.96. The van der Waals surface area contributed by atoms with Gasteiger partial charge in [-0.2, -0.15) is 0 Å². The predicted molar refractivity (Wildman–Crippen MR) is 77.7 cm³/mol. The minimum absolute atomic E-state index is 0.00609. The summed E-state index contributed by atoms with van der Waals surface area (Å²) in [7, 11) is -3.60. The molecule has 21 heavy (non-hydrogen) atoms. The molecule has 0 spiro atoms. The van der Waals surface area contributed by atoms with Crippen LogP contribution in [-0.4, -0.2) is 39.4 Å². The van der Waals surface area contributed by atoms with Gasteiger partial charge >= 0.3 is 11.9 Å². The molecule has 0 aliphatic heterocycles. The Balaban J connectivity index is 2.57. The Morgan fingerprint density at radius 2 is 1.76 bits per heavy atom. The predicted octanol–water partition coefficient (Wildman–Crippen LogP) is 2.07. The largest absolute Gasteiger partial charge is 0.481 e. The Morgan fingerprint density at radius 1 is 1.14 bits per heavy atom. The zero-order valence-corrected chi connectivity index (χ0v) is 12.4. The van der Waals surface area contributed by atoms with Crippen molar-refractivity contribution in [1.29, 1.82) is 0 Å². The van der Waals surface area contributed by atoms with Crippen molar-refractivity contribution >= 4 is 19.3 Å². The third-order valence-electron chi connectivity index (χ3n) is 3.15. The van der Waals surface area contributed by atoms with Gasteiger partial charge in [0, 0.05) is 18.7 Å². The third-order valence-corrected chi connectivity index (χ3v) is 5.09. The van der Waals surface area contributed by atoms with E-state index in [1.54, 1.807) is 0 Å². The molecule has 0 radical (unpaired) electrons. The van der Waals surface area contributed by atoms with Gasteiger partial charge in [0.1, 0.15) is 0 Å². The molecule has 3 N–H and O–H groups in total. The molecule has 0 aliphatic carbocycles. The van der Waals surface area contributed by atoms with Crippen molar-refractivity contribution < 1.29 is 29.3 Å². The third kappa shape index (κ3) is 7.06. The molecule has 7 heteroatoms. The Bertz CT molecular complexity index is 528. The summed E-state index contributed by atoms with van der Waals surface area (Å²) in [5.41, 5.74) is 0.907. The van der Waals surface area contributed by atoms with Crippen LogP contribution < -0.4 is 0 Å². The number of carboxylic acids is 2. The maximum Gasteiger partial charge on any atom is 0.307 e. The highest BCUT2D eigenvalue weighted by Gasteiger charge is 2.29. The van der Waals surface area contributed by atoms with E-state index in [2.05, 4.69) is 0 Å². The van der Waals surface area contributed by atoms with E-state index in [0.29, 0.717) is 6.42 Å². The summed E-state index contributed by atoms with van der Waals surface area (Å²) in [5, 5.41) is 17.6. The average Bonchev–Trinajstić information content (AvgIpc) is 2.42. The highest BCUT2D eigenvalue weighted by Crippen LogP contribution is 2.43. The van der Waals surface area contributed by atoms with Crippen LogP contribution in [0.15, 0.2) is 30.3 Å². The fourth-order valence-electron chi connectivity index (χ4n) is 1.97. The summed E-state index contributed by atoms with van der Waals surface area (Å²) in [5.74, 6) is -3.45. The van der Waals surface area contributed by atoms with Crippen molar-refractivity contribution in [3.63, 3.8) is 0 Å². The van der Waals surface area contributed by atoms with E-state index >= 15 is 0 Å². The van der Waals surface area contributed by atoms with E-state index in [0.717, 1.165) is 5.56 Å². The zero-order valence-electron chi connectivity index (χ0n) is 11.5. The fraction of sp³-hybridized carbons (Fsp3) is 0.429. The molecule has 0 amide bonds. The van der Waals surface area contributed by atoms with E-state index in [1.165, 1.54) is 0 Å². The second-order valence-corrected chi connectivity index (χ2v) is 7.46. The molecule has 1 aromatic rings. The van der Waals surface area contributed by atoms with Crippen LogP contribution in [0.5, 0.6) is 0 Å². The minimum Gasteiger partial charge on any atom is -0.481 e. The number of hydrogen-bond donors (Lipinski definition) is 3. The first-order valence-corrected chi connectivity index (χ1v) is 8.62. The van der Waals surface area contributed by atoms with Gasteiger partial charge in [0.2, 0.25) is 7.37 Å². The summed E-state index contributed by atoms with van der Waals surface area (Å²) >= 11 is 0. The minimum atomic E-state index is -3.60. The van der Waals surface area contributed by atoms with Crippen molar-refractivity contribution in [3.05, 3.63) is 35.9 Å². The van der Waals surface area contributed by atoms with Gasteiger partial charge in [0.25, 0.3) is 0 Å². The molecule has 0 bridgehead atoms. The van der Waals surface area contributed by atoms with Crippen LogP contribution in [0.4, 0.5) is 0 Å². The van der Waals surface area contributed by atoms with Crippen molar-refractivity contribution in [2.75, 3.05) is 12.3 Å². The van der Waals surface area contributed by atoms with Crippen LogP contribution >= 0.6 is 7.37 Å². The normalized spacial score (nSPS) is 15.1. The van der Waals surface area contributed by atoms with Gasteiger partial charge in [-0.3, -0.25) is 14.2 Å². The molecule has 0 saturated heterocycles. The Morgan fingerprint density at radius 3 is 2.29 bits per heavy atom. The van der Waals surface area contributed by atoms with Crippen molar-refractivity contribution in [3.8, 4) is 0 Å². The molecule has 0 fully saturated rings. The van der Waals surface area contributed by atoms with Gasteiger partial charge in [0.05, 0.1) is 5.92 Å². The molecule has 2 atom stereocenters. The summed E-state index contributed by atoms with van der Waals surface area (Å²) < 4.78 is 12.1. The SMILES string of the molecule is O=C(O)CCC(CP(=O)(O)CCc1ccccc1)C(=O)O. The van der Waals surface area contributed by atoms with Gasteiger partial charge in [-0.1, -0.05) is 30.3 Å². The lowest BCUT2D eigenvalue weighted by atomic mass is 10.1. The van der Waals surface area contributed by atoms with E-state index in [-0.39, 0.29) is 25.2 Å². The Labute approximate surface area is 122 Å². The lowest BCUT2D eigenvalue weighted by Gasteiger charge is -2.16. The Hall–Kier alpha value is -1.65. The van der Waals surface area contributed by atoms with E-state index < -0.39 is 25.2 Å². The molecule has 0 heterocycles.